The maximum absolute atomic E-state index is 10.8. The molecule has 94 valence electrons. The van der Waals surface area contributed by atoms with E-state index in [0.717, 1.165) is 0 Å². The molecule has 1 aromatic carbocycles. The Bertz CT molecular complexity index is 649. The second-order valence-corrected chi connectivity index (χ2v) is 4.10. The third-order valence-corrected chi connectivity index (χ3v) is 2.86. The van der Waals surface area contributed by atoms with Crippen molar-refractivity contribution < 1.29 is 15.0 Å². The Kier molecular flexibility index (Phi) is 3.12. The summed E-state index contributed by atoms with van der Waals surface area (Å²) in [5.41, 5.74) is 0.226. The minimum atomic E-state index is -1.44. The standard InChI is InChI=1S/C9H6Cl2N4O3/c10-4-1-3-6(2-5(4)11)13-8(16)14-7(3)15(12)9(17)18/h1-2H,12H2,(H,17,18)(H,13,14,16). The van der Waals surface area contributed by atoms with Crippen molar-refractivity contribution in [3.63, 3.8) is 0 Å². The van der Waals surface area contributed by atoms with E-state index < -0.39 is 12.1 Å². The van der Waals surface area contributed by atoms with Gasteiger partial charge in [0.05, 0.1) is 15.6 Å². The number of nitrogens with two attached hydrogens (primary N) is 1. The highest BCUT2D eigenvalue weighted by molar-refractivity contribution is 6.42. The number of halogens is 2. The lowest BCUT2D eigenvalue weighted by atomic mass is 10.2. The molecule has 18 heavy (non-hydrogen) atoms. The fourth-order valence-electron chi connectivity index (χ4n) is 1.37. The van der Waals surface area contributed by atoms with Gasteiger partial charge < -0.3 is 10.2 Å². The molecule has 0 radical (unpaired) electrons. The van der Waals surface area contributed by atoms with Crippen LogP contribution in [0.15, 0.2) is 12.1 Å². The highest BCUT2D eigenvalue weighted by atomic mass is 35.5. The molecule has 7 nitrogen and oxygen atoms in total. The van der Waals surface area contributed by atoms with Crippen LogP contribution in [0.2, 0.25) is 10.0 Å². The Hall–Kier alpha value is -1.83. The molecule has 2 aromatic rings. The third kappa shape index (κ3) is 2.10. The van der Waals surface area contributed by atoms with E-state index in [2.05, 4.69) is 9.97 Å². The van der Waals surface area contributed by atoms with Gasteiger partial charge in [0.25, 0.3) is 0 Å². The van der Waals surface area contributed by atoms with Gasteiger partial charge in [0, 0.05) is 5.39 Å². The van der Waals surface area contributed by atoms with Gasteiger partial charge in [-0.25, -0.2) is 10.6 Å². The van der Waals surface area contributed by atoms with E-state index in [4.69, 9.17) is 34.2 Å². The molecule has 0 aliphatic carbocycles. The summed E-state index contributed by atoms with van der Waals surface area (Å²) in [5.74, 6) is 5.13. The highest BCUT2D eigenvalue weighted by Gasteiger charge is 2.18. The lowest BCUT2D eigenvalue weighted by Crippen LogP contribution is -2.37. The lowest BCUT2D eigenvalue weighted by Gasteiger charge is -2.14. The fourth-order valence-corrected chi connectivity index (χ4v) is 1.69. The minimum absolute atomic E-state index is 0.191. The largest absolute Gasteiger partial charge is 0.479 e. The molecule has 0 atom stereocenters. The Balaban J connectivity index is 2.79. The smallest absolute Gasteiger partial charge is 0.427 e. The van der Waals surface area contributed by atoms with Gasteiger partial charge in [0.1, 0.15) is 0 Å². The van der Waals surface area contributed by atoms with E-state index >= 15 is 0 Å². The zero-order valence-electron chi connectivity index (χ0n) is 8.63. The van der Waals surface area contributed by atoms with Gasteiger partial charge in [-0.1, -0.05) is 23.2 Å². The molecule has 9 heteroatoms. The van der Waals surface area contributed by atoms with Crippen LogP contribution in [0.5, 0.6) is 6.01 Å². The van der Waals surface area contributed by atoms with Crippen LogP contribution in [0.3, 0.4) is 0 Å². The van der Waals surface area contributed by atoms with Crippen LogP contribution in [-0.4, -0.2) is 26.3 Å². The van der Waals surface area contributed by atoms with Crippen molar-refractivity contribution in [2.24, 2.45) is 5.84 Å². The molecule has 1 aromatic heterocycles. The number of hydrogen-bond acceptors (Lipinski definition) is 5. The molecule has 4 N–H and O–H groups in total. The molecule has 2 rings (SSSR count). The average molecular weight is 289 g/mol. The van der Waals surface area contributed by atoms with Crippen molar-refractivity contribution in [3.8, 4) is 6.01 Å². The number of anilines is 1. The third-order valence-electron chi connectivity index (χ3n) is 2.14. The van der Waals surface area contributed by atoms with Crippen LogP contribution < -0.4 is 10.9 Å². The summed E-state index contributed by atoms with van der Waals surface area (Å²) in [6.07, 6.45) is -1.44. The lowest BCUT2D eigenvalue weighted by molar-refractivity contribution is 0.201. The molecule has 0 saturated heterocycles. The number of aromatic hydroxyl groups is 1. The number of fused-ring (bicyclic) bond motifs is 1. The predicted octanol–water partition coefficient (Wildman–Crippen LogP) is 2.00. The maximum atomic E-state index is 10.8. The first-order valence-corrected chi connectivity index (χ1v) is 5.29. The first-order valence-electron chi connectivity index (χ1n) is 4.53. The van der Waals surface area contributed by atoms with E-state index in [1.54, 1.807) is 0 Å². The quantitative estimate of drug-likeness (QED) is 0.420. The zero-order valence-corrected chi connectivity index (χ0v) is 10.1. The van der Waals surface area contributed by atoms with E-state index in [0.29, 0.717) is 5.01 Å². The number of aromatic nitrogens is 2. The molecule has 0 bridgehead atoms. The first-order chi connectivity index (χ1) is 8.40. The van der Waals surface area contributed by atoms with Gasteiger partial charge in [0.15, 0.2) is 5.82 Å². The van der Waals surface area contributed by atoms with E-state index in [9.17, 15) is 9.90 Å². The van der Waals surface area contributed by atoms with Crippen molar-refractivity contribution in [2.45, 2.75) is 0 Å². The molecular weight excluding hydrogens is 283 g/mol. The number of benzene rings is 1. The summed E-state index contributed by atoms with van der Waals surface area (Å²) in [6.45, 7) is 0. The van der Waals surface area contributed by atoms with Crippen LogP contribution in [-0.2, 0) is 0 Å². The van der Waals surface area contributed by atoms with Crippen molar-refractivity contribution in [3.05, 3.63) is 22.2 Å². The summed E-state index contributed by atoms with van der Waals surface area (Å²) in [4.78, 5) is 18.1. The molecule has 0 aliphatic heterocycles. The first kappa shape index (κ1) is 12.6. The molecule has 0 fully saturated rings. The van der Waals surface area contributed by atoms with Gasteiger partial charge in [-0.3, -0.25) is 0 Å². The van der Waals surface area contributed by atoms with Gasteiger partial charge in [-0.15, -0.1) is 0 Å². The number of amides is 1. The highest BCUT2D eigenvalue weighted by Crippen LogP contribution is 2.32. The van der Waals surface area contributed by atoms with E-state index in [-0.39, 0.29) is 26.8 Å². The van der Waals surface area contributed by atoms with Crippen molar-refractivity contribution in [1.82, 2.24) is 9.97 Å². The summed E-state index contributed by atoms with van der Waals surface area (Å²) in [5, 5.41) is 19.2. The summed E-state index contributed by atoms with van der Waals surface area (Å²) < 4.78 is 0. The Labute approximate surface area is 110 Å². The van der Waals surface area contributed by atoms with Crippen molar-refractivity contribution in [1.29, 1.82) is 0 Å². The van der Waals surface area contributed by atoms with E-state index in [1.165, 1.54) is 12.1 Å². The number of hydrazine groups is 1. The van der Waals surface area contributed by atoms with Gasteiger partial charge in [-0.2, -0.15) is 15.0 Å². The Morgan fingerprint density at radius 2 is 1.89 bits per heavy atom. The molecule has 1 amide bonds. The predicted molar refractivity (Wildman–Crippen MR) is 65.9 cm³/mol. The molecule has 0 unspecified atom stereocenters. The number of carboxylic acid groups (broad SMARTS) is 1. The minimum Gasteiger partial charge on any atom is -0.479 e. The summed E-state index contributed by atoms with van der Waals surface area (Å²) in [6, 6.07) is 2.13. The van der Waals surface area contributed by atoms with Gasteiger partial charge >= 0.3 is 12.1 Å². The van der Waals surface area contributed by atoms with Crippen LogP contribution in [0, 0.1) is 0 Å². The maximum Gasteiger partial charge on any atom is 0.427 e. The fraction of sp³-hybridized carbons (Fsp3) is 0. The number of nitrogens with zero attached hydrogens (tertiary/aromatic N) is 3. The van der Waals surface area contributed by atoms with Crippen molar-refractivity contribution in [2.75, 3.05) is 5.01 Å². The number of carbonyl (C=O) groups is 1. The normalized spacial score (nSPS) is 10.6. The monoisotopic (exact) mass is 288 g/mol. The van der Waals surface area contributed by atoms with Crippen LogP contribution in [0.25, 0.3) is 10.9 Å². The molecule has 0 aliphatic rings. The Morgan fingerprint density at radius 3 is 2.50 bits per heavy atom. The van der Waals surface area contributed by atoms with Crippen LogP contribution in [0.1, 0.15) is 0 Å². The molecular formula is C9H6Cl2N4O3. The van der Waals surface area contributed by atoms with Gasteiger partial charge in [-0.05, 0) is 12.1 Å². The molecule has 0 spiro atoms. The average Bonchev–Trinajstić information content (AvgIpc) is 2.29. The summed E-state index contributed by atoms with van der Waals surface area (Å²) >= 11 is 11.6. The number of hydrogen-bond donors (Lipinski definition) is 3. The second-order valence-electron chi connectivity index (χ2n) is 3.28. The van der Waals surface area contributed by atoms with Gasteiger partial charge in [0.2, 0.25) is 0 Å². The van der Waals surface area contributed by atoms with Crippen LogP contribution >= 0.6 is 23.2 Å². The van der Waals surface area contributed by atoms with Crippen molar-refractivity contribution >= 4 is 46.0 Å². The SMILES string of the molecule is NN(C(=O)O)c1nc(O)nc2cc(Cl)c(Cl)cc12. The molecule has 0 saturated carbocycles. The van der Waals surface area contributed by atoms with E-state index in [1.807, 2.05) is 0 Å². The topological polar surface area (TPSA) is 113 Å². The zero-order chi connectivity index (χ0) is 13.4. The number of rotatable bonds is 1. The molecule has 1 heterocycles. The second kappa shape index (κ2) is 4.45. The van der Waals surface area contributed by atoms with Crippen LogP contribution in [0.4, 0.5) is 10.6 Å². The Morgan fingerprint density at radius 1 is 1.28 bits per heavy atom. The summed E-state index contributed by atoms with van der Waals surface area (Å²) in [7, 11) is 0.